The fourth-order valence-electron chi connectivity index (χ4n) is 4.00. The van der Waals surface area contributed by atoms with Gasteiger partial charge in [-0.15, -0.1) is 11.8 Å². The summed E-state index contributed by atoms with van der Waals surface area (Å²) in [6.07, 6.45) is 2.04. The van der Waals surface area contributed by atoms with E-state index in [2.05, 4.69) is 17.4 Å². The fourth-order valence-corrected chi connectivity index (χ4v) is 6.59. The molecule has 0 bridgehead atoms. The van der Waals surface area contributed by atoms with E-state index in [-0.39, 0.29) is 17.9 Å². The Labute approximate surface area is 176 Å². The predicted molar refractivity (Wildman–Crippen MR) is 115 cm³/mol. The van der Waals surface area contributed by atoms with Gasteiger partial charge in [0.05, 0.1) is 10.9 Å². The molecule has 1 atom stereocenters. The number of rotatable bonds is 4. The second-order valence-corrected chi connectivity index (χ2v) is 10.8. The van der Waals surface area contributed by atoms with Gasteiger partial charge in [0, 0.05) is 29.7 Å². The molecule has 4 rings (SSSR count). The number of hydrogen-bond donors (Lipinski definition) is 1. The number of nitrogens with one attached hydrogen (secondary N) is 1. The number of piperidine rings is 1. The maximum atomic E-state index is 12.9. The number of thioether (sulfide) groups is 1. The number of benzene rings is 2. The van der Waals surface area contributed by atoms with E-state index in [1.807, 2.05) is 43.0 Å². The van der Waals surface area contributed by atoms with Crippen molar-refractivity contribution in [1.29, 1.82) is 0 Å². The average Bonchev–Trinajstić information content (AvgIpc) is 2.74. The van der Waals surface area contributed by atoms with E-state index in [1.54, 1.807) is 12.1 Å². The zero-order valence-electron chi connectivity index (χ0n) is 16.5. The molecule has 0 spiro atoms. The Kier molecular flexibility index (Phi) is 5.99. The van der Waals surface area contributed by atoms with Gasteiger partial charge in [-0.25, -0.2) is 8.42 Å². The van der Waals surface area contributed by atoms with Gasteiger partial charge in [-0.05, 0) is 49.9 Å². The quantitative estimate of drug-likeness (QED) is 0.802. The van der Waals surface area contributed by atoms with E-state index < -0.39 is 10.0 Å². The number of fused-ring (bicyclic) bond motifs is 1. The van der Waals surface area contributed by atoms with Crippen LogP contribution in [0.25, 0.3) is 0 Å². The molecule has 0 unspecified atom stereocenters. The summed E-state index contributed by atoms with van der Waals surface area (Å²) < 4.78 is 27.2. The van der Waals surface area contributed by atoms with Crippen LogP contribution in [0.2, 0.25) is 0 Å². The summed E-state index contributed by atoms with van der Waals surface area (Å²) in [5.41, 5.74) is 2.22. The zero-order valence-corrected chi connectivity index (χ0v) is 18.1. The number of nitrogens with zero attached hydrogens (tertiary/aromatic N) is 1. The molecule has 2 aromatic carbocycles. The Hall–Kier alpha value is -1.83. The summed E-state index contributed by atoms with van der Waals surface area (Å²) in [5, 5.41) is 3.22. The molecule has 5 nitrogen and oxygen atoms in total. The molecule has 2 aromatic rings. The highest BCUT2D eigenvalue weighted by molar-refractivity contribution is 7.99. The Morgan fingerprint density at radius 2 is 1.72 bits per heavy atom. The van der Waals surface area contributed by atoms with Gasteiger partial charge in [0.15, 0.2) is 0 Å². The maximum absolute atomic E-state index is 12.9. The van der Waals surface area contributed by atoms with Gasteiger partial charge in [0.25, 0.3) is 0 Å². The van der Waals surface area contributed by atoms with E-state index in [9.17, 15) is 13.2 Å². The molecule has 29 heavy (non-hydrogen) atoms. The Bertz CT molecular complexity index is 981. The molecule has 154 valence electrons. The molecule has 1 saturated heterocycles. The maximum Gasteiger partial charge on any atom is 0.243 e. The number of carbonyl (C=O) groups is 1. The van der Waals surface area contributed by atoms with Gasteiger partial charge in [0.2, 0.25) is 15.9 Å². The van der Waals surface area contributed by atoms with Crippen LogP contribution in [0, 0.1) is 12.8 Å². The third-order valence-electron chi connectivity index (χ3n) is 5.76. The van der Waals surface area contributed by atoms with Crippen molar-refractivity contribution in [2.24, 2.45) is 5.92 Å². The van der Waals surface area contributed by atoms with E-state index >= 15 is 0 Å². The Morgan fingerprint density at radius 3 is 2.45 bits per heavy atom. The summed E-state index contributed by atoms with van der Waals surface area (Å²) in [5.74, 6) is 0.903. The van der Waals surface area contributed by atoms with Crippen LogP contribution in [0.3, 0.4) is 0 Å². The van der Waals surface area contributed by atoms with Gasteiger partial charge in [0.1, 0.15) is 0 Å². The third-order valence-corrected chi connectivity index (χ3v) is 8.79. The summed E-state index contributed by atoms with van der Waals surface area (Å²) in [6.45, 7) is 2.70. The normalized spacial score (nSPS) is 20.8. The third kappa shape index (κ3) is 4.37. The van der Waals surface area contributed by atoms with Gasteiger partial charge in [-0.1, -0.05) is 35.9 Å². The van der Waals surface area contributed by atoms with Crippen molar-refractivity contribution in [2.75, 3.05) is 18.8 Å². The predicted octanol–water partition coefficient (Wildman–Crippen LogP) is 3.75. The lowest BCUT2D eigenvalue weighted by molar-refractivity contribution is -0.126. The fraction of sp³-hybridized carbons (Fsp3) is 0.409. The van der Waals surface area contributed by atoms with Crippen molar-refractivity contribution >= 4 is 27.7 Å². The standard InChI is InChI=1S/C22H26N2O3S2/c1-16-6-8-18(9-7-16)29(26,27)24-13-10-17(11-14-24)22(25)23-20-12-15-28-21-5-3-2-4-19(20)21/h2-9,17,20H,10-15H2,1H3,(H,23,25)/t20-/m0/s1. The highest BCUT2D eigenvalue weighted by atomic mass is 32.2. The van der Waals surface area contributed by atoms with Crippen LogP contribution in [-0.2, 0) is 14.8 Å². The van der Waals surface area contributed by atoms with Gasteiger partial charge in [-0.3, -0.25) is 4.79 Å². The van der Waals surface area contributed by atoms with Crippen molar-refractivity contribution in [1.82, 2.24) is 9.62 Å². The van der Waals surface area contributed by atoms with Crippen LogP contribution in [0.4, 0.5) is 0 Å². The summed E-state index contributed by atoms with van der Waals surface area (Å²) in [6, 6.07) is 15.2. The van der Waals surface area contributed by atoms with Crippen molar-refractivity contribution in [2.45, 2.75) is 42.0 Å². The van der Waals surface area contributed by atoms with Gasteiger partial charge in [-0.2, -0.15) is 4.31 Å². The molecule has 1 amide bonds. The van der Waals surface area contributed by atoms with Gasteiger partial charge < -0.3 is 5.32 Å². The second-order valence-electron chi connectivity index (χ2n) is 7.73. The zero-order chi connectivity index (χ0) is 20.4. The molecule has 7 heteroatoms. The number of carbonyl (C=O) groups excluding carboxylic acids is 1. The van der Waals surface area contributed by atoms with Crippen molar-refractivity contribution in [3.05, 3.63) is 59.7 Å². The van der Waals surface area contributed by atoms with Crippen molar-refractivity contribution < 1.29 is 13.2 Å². The lowest BCUT2D eigenvalue weighted by Gasteiger charge is -2.32. The highest BCUT2D eigenvalue weighted by Gasteiger charge is 2.33. The van der Waals surface area contributed by atoms with Crippen LogP contribution >= 0.6 is 11.8 Å². The van der Waals surface area contributed by atoms with E-state index in [4.69, 9.17) is 0 Å². The number of aryl methyl sites for hydroxylation is 1. The first kappa shape index (κ1) is 20.4. The largest absolute Gasteiger partial charge is 0.349 e. The molecule has 0 saturated carbocycles. The van der Waals surface area contributed by atoms with Crippen LogP contribution in [0.1, 0.15) is 36.4 Å². The lowest BCUT2D eigenvalue weighted by Crippen LogP contribution is -2.44. The summed E-state index contributed by atoms with van der Waals surface area (Å²) >= 11 is 1.83. The lowest BCUT2D eigenvalue weighted by atomic mass is 9.95. The van der Waals surface area contributed by atoms with Gasteiger partial charge >= 0.3 is 0 Å². The molecular weight excluding hydrogens is 404 g/mol. The first-order valence-corrected chi connectivity index (χ1v) is 12.5. The Balaban J connectivity index is 1.37. The molecule has 2 aliphatic rings. The summed E-state index contributed by atoms with van der Waals surface area (Å²) in [4.78, 5) is 14.4. The molecule has 2 heterocycles. The molecule has 1 N–H and O–H groups in total. The summed E-state index contributed by atoms with van der Waals surface area (Å²) in [7, 11) is -3.50. The number of hydrogen-bond acceptors (Lipinski definition) is 4. The van der Waals surface area contributed by atoms with Crippen LogP contribution in [0.15, 0.2) is 58.3 Å². The SMILES string of the molecule is Cc1ccc(S(=O)(=O)N2CCC(C(=O)N[C@H]3CCSc4ccccc43)CC2)cc1. The van der Waals surface area contributed by atoms with E-state index in [0.717, 1.165) is 17.7 Å². The molecule has 0 aromatic heterocycles. The van der Waals surface area contributed by atoms with E-state index in [0.29, 0.717) is 30.8 Å². The molecule has 1 fully saturated rings. The minimum Gasteiger partial charge on any atom is -0.349 e. The minimum absolute atomic E-state index is 0.0455. The van der Waals surface area contributed by atoms with E-state index in [1.165, 1.54) is 14.8 Å². The molecular formula is C22H26N2O3S2. The monoisotopic (exact) mass is 430 g/mol. The highest BCUT2D eigenvalue weighted by Crippen LogP contribution is 2.36. The van der Waals surface area contributed by atoms with Crippen LogP contribution in [-0.4, -0.2) is 37.5 Å². The van der Waals surface area contributed by atoms with Crippen molar-refractivity contribution in [3.63, 3.8) is 0 Å². The molecule has 0 radical (unpaired) electrons. The first-order valence-electron chi connectivity index (χ1n) is 10.0. The van der Waals surface area contributed by atoms with Crippen LogP contribution < -0.4 is 5.32 Å². The first-order chi connectivity index (χ1) is 13.9. The molecule has 2 aliphatic heterocycles. The number of amides is 1. The minimum atomic E-state index is -3.50. The number of sulfonamides is 1. The van der Waals surface area contributed by atoms with Crippen LogP contribution in [0.5, 0.6) is 0 Å². The smallest absolute Gasteiger partial charge is 0.243 e. The molecule has 0 aliphatic carbocycles. The average molecular weight is 431 g/mol. The second kappa shape index (κ2) is 8.50. The topological polar surface area (TPSA) is 66.5 Å². The van der Waals surface area contributed by atoms with Crippen molar-refractivity contribution in [3.8, 4) is 0 Å². The Morgan fingerprint density at radius 1 is 1.03 bits per heavy atom.